The summed E-state index contributed by atoms with van der Waals surface area (Å²) in [4.78, 5) is 12.1. The molecule has 0 saturated heterocycles. The topological polar surface area (TPSA) is 52.3 Å². The van der Waals surface area contributed by atoms with E-state index in [0.717, 1.165) is 28.7 Å². The van der Waals surface area contributed by atoms with Crippen LogP contribution in [0, 0.1) is 0 Å². The Hall–Kier alpha value is -2.81. The lowest BCUT2D eigenvalue weighted by Gasteiger charge is -2.12. The van der Waals surface area contributed by atoms with E-state index >= 15 is 0 Å². The van der Waals surface area contributed by atoms with Gasteiger partial charge in [0.05, 0.1) is 12.7 Å². The van der Waals surface area contributed by atoms with Crippen LogP contribution in [0.1, 0.15) is 27.0 Å². The second-order valence-electron chi connectivity index (χ2n) is 5.17. The summed E-state index contributed by atoms with van der Waals surface area (Å²) in [5.74, 6) is -0.403. The van der Waals surface area contributed by atoms with E-state index in [4.69, 9.17) is 10.5 Å². The number of carbonyl (C=O) groups excluding carboxylic acids is 1. The largest absolute Gasteiger partial charge is 0.465 e. The summed E-state index contributed by atoms with van der Waals surface area (Å²) < 4.78 is 4.90. The molecule has 0 unspecified atom stereocenters. The van der Waals surface area contributed by atoms with Gasteiger partial charge in [0.2, 0.25) is 0 Å². The molecule has 0 aromatic heterocycles. The van der Waals surface area contributed by atoms with Crippen LogP contribution in [0.25, 0.3) is 11.6 Å². The Morgan fingerprint density at radius 3 is 2.64 bits per heavy atom. The first kappa shape index (κ1) is 14.1. The minimum absolute atomic E-state index is 0.403. The van der Waals surface area contributed by atoms with Gasteiger partial charge in [0.25, 0.3) is 0 Å². The predicted octanol–water partition coefficient (Wildman–Crippen LogP) is 3.71. The standard InChI is InChI=1S/C19H17NO2/c1-22-19(21)18-16-12-15(13-6-3-2-4-7-13)9-5-8-14(16)10-11-17(18)20/h2-7,9-12H,8,20H2,1H3. The number of esters is 1. The first-order chi connectivity index (χ1) is 10.7. The number of nitrogen functional groups attached to an aromatic ring is 1. The number of anilines is 1. The van der Waals surface area contributed by atoms with Crippen molar-refractivity contribution >= 4 is 23.3 Å². The molecule has 0 fully saturated rings. The minimum Gasteiger partial charge on any atom is -0.465 e. The molecule has 0 bridgehead atoms. The van der Waals surface area contributed by atoms with Gasteiger partial charge in [-0.25, -0.2) is 4.79 Å². The van der Waals surface area contributed by atoms with Crippen LogP contribution in [0.3, 0.4) is 0 Å². The third-order valence-corrected chi connectivity index (χ3v) is 3.80. The summed E-state index contributed by atoms with van der Waals surface area (Å²) in [6, 6.07) is 13.8. The number of fused-ring (bicyclic) bond motifs is 1. The molecule has 3 heteroatoms. The Labute approximate surface area is 129 Å². The highest BCUT2D eigenvalue weighted by Gasteiger charge is 2.19. The Morgan fingerprint density at radius 2 is 1.91 bits per heavy atom. The zero-order valence-electron chi connectivity index (χ0n) is 12.4. The van der Waals surface area contributed by atoms with E-state index in [1.54, 1.807) is 6.07 Å². The number of hydrogen-bond donors (Lipinski definition) is 1. The number of carbonyl (C=O) groups is 1. The van der Waals surface area contributed by atoms with E-state index < -0.39 is 5.97 Å². The van der Waals surface area contributed by atoms with E-state index in [1.807, 2.05) is 42.5 Å². The van der Waals surface area contributed by atoms with Crippen LogP contribution in [0.4, 0.5) is 5.69 Å². The van der Waals surface area contributed by atoms with Crippen LogP contribution in [-0.4, -0.2) is 13.1 Å². The average Bonchev–Trinajstić information content (AvgIpc) is 2.77. The lowest BCUT2D eigenvalue weighted by molar-refractivity contribution is 0.0601. The molecule has 0 heterocycles. The fourth-order valence-corrected chi connectivity index (χ4v) is 2.68. The zero-order valence-corrected chi connectivity index (χ0v) is 12.4. The van der Waals surface area contributed by atoms with Crippen LogP contribution in [-0.2, 0) is 11.2 Å². The summed E-state index contributed by atoms with van der Waals surface area (Å²) in [6.45, 7) is 0. The Morgan fingerprint density at radius 1 is 1.14 bits per heavy atom. The second kappa shape index (κ2) is 5.90. The molecule has 3 nitrogen and oxygen atoms in total. The summed E-state index contributed by atoms with van der Waals surface area (Å²) >= 11 is 0. The molecule has 0 aliphatic heterocycles. The average molecular weight is 291 g/mol. The first-order valence-corrected chi connectivity index (χ1v) is 7.14. The van der Waals surface area contributed by atoms with Gasteiger partial charge in [-0.15, -0.1) is 0 Å². The lowest BCUT2D eigenvalue weighted by Crippen LogP contribution is -2.09. The van der Waals surface area contributed by atoms with E-state index in [-0.39, 0.29) is 0 Å². The lowest BCUT2D eigenvalue weighted by atomic mass is 9.95. The molecule has 2 N–H and O–H groups in total. The van der Waals surface area contributed by atoms with Crippen molar-refractivity contribution in [2.45, 2.75) is 6.42 Å². The number of benzene rings is 2. The fraction of sp³-hybridized carbons (Fsp3) is 0.105. The van der Waals surface area contributed by atoms with Crippen molar-refractivity contribution in [1.29, 1.82) is 0 Å². The quantitative estimate of drug-likeness (QED) is 0.678. The molecule has 110 valence electrons. The number of methoxy groups -OCH3 is 1. The third kappa shape index (κ3) is 2.53. The van der Waals surface area contributed by atoms with Crippen LogP contribution in [0.2, 0.25) is 0 Å². The Kier molecular flexibility index (Phi) is 3.79. The van der Waals surface area contributed by atoms with E-state index in [9.17, 15) is 4.79 Å². The Balaban J connectivity index is 2.21. The van der Waals surface area contributed by atoms with E-state index in [1.165, 1.54) is 7.11 Å². The van der Waals surface area contributed by atoms with Gasteiger partial charge >= 0.3 is 5.97 Å². The highest BCUT2D eigenvalue weighted by Crippen LogP contribution is 2.30. The van der Waals surface area contributed by atoms with Gasteiger partial charge in [-0.3, -0.25) is 0 Å². The van der Waals surface area contributed by atoms with Crippen molar-refractivity contribution in [3.63, 3.8) is 0 Å². The van der Waals surface area contributed by atoms with Gasteiger partial charge in [-0.05, 0) is 40.8 Å². The van der Waals surface area contributed by atoms with Crippen LogP contribution < -0.4 is 5.73 Å². The highest BCUT2D eigenvalue weighted by molar-refractivity contribution is 6.02. The van der Waals surface area contributed by atoms with Crippen molar-refractivity contribution in [3.8, 4) is 0 Å². The molecule has 2 aromatic carbocycles. The number of nitrogens with two attached hydrogens (primary N) is 1. The maximum atomic E-state index is 12.1. The van der Waals surface area contributed by atoms with Crippen molar-refractivity contribution in [3.05, 3.63) is 76.9 Å². The number of hydrogen-bond acceptors (Lipinski definition) is 3. The van der Waals surface area contributed by atoms with Crippen LogP contribution in [0.15, 0.2) is 54.6 Å². The maximum Gasteiger partial charge on any atom is 0.340 e. The van der Waals surface area contributed by atoms with E-state index in [2.05, 4.69) is 12.2 Å². The molecule has 0 spiro atoms. The molecule has 0 radical (unpaired) electrons. The van der Waals surface area contributed by atoms with Crippen LogP contribution >= 0.6 is 0 Å². The third-order valence-electron chi connectivity index (χ3n) is 3.80. The molecule has 2 aromatic rings. The molecule has 22 heavy (non-hydrogen) atoms. The van der Waals surface area contributed by atoms with Gasteiger partial charge in [0.1, 0.15) is 0 Å². The van der Waals surface area contributed by atoms with Gasteiger partial charge in [0, 0.05) is 5.69 Å². The molecule has 0 amide bonds. The monoisotopic (exact) mass is 291 g/mol. The SMILES string of the molecule is COC(=O)c1c(N)ccc2c1C=C(c1ccccc1)C=CC2. The number of ether oxygens (including phenoxy) is 1. The molecular weight excluding hydrogens is 274 g/mol. The summed E-state index contributed by atoms with van der Waals surface area (Å²) in [6.07, 6.45) is 6.94. The van der Waals surface area contributed by atoms with Crippen molar-refractivity contribution in [2.75, 3.05) is 12.8 Å². The molecule has 3 rings (SSSR count). The fourth-order valence-electron chi connectivity index (χ4n) is 2.68. The molecule has 0 atom stereocenters. The molecule has 1 aliphatic carbocycles. The molecule has 1 aliphatic rings. The number of rotatable bonds is 2. The predicted molar refractivity (Wildman–Crippen MR) is 89.4 cm³/mol. The number of allylic oxidation sites excluding steroid dienone is 3. The van der Waals surface area contributed by atoms with Crippen molar-refractivity contribution in [2.24, 2.45) is 0 Å². The summed E-state index contributed by atoms with van der Waals surface area (Å²) in [7, 11) is 1.37. The molecular formula is C19H17NO2. The van der Waals surface area contributed by atoms with Crippen molar-refractivity contribution < 1.29 is 9.53 Å². The molecule has 0 saturated carbocycles. The van der Waals surface area contributed by atoms with E-state index in [0.29, 0.717) is 11.3 Å². The zero-order chi connectivity index (χ0) is 15.5. The van der Waals surface area contributed by atoms with Gasteiger partial charge in [-0.1, -0.05) is 48.6 Å². The summed E-state index contributed by atoms with van der Waals surface area (Å²) in [5, 5.41) is 0. The Bertz CT molecular complexity index is 774. The maximum absolute atomic E-state index is 12.1. The normalized spacial score (nSPS) is 13.0. The van der Waals surface area contributed by atoms with Gasteiger partial charge in [-0.2, -0.15) is 0 Å². The first-order valence-electron chi connectivity index (χ1n) is 7.14. The van der Waals surface area contributed by atoms with Gasteiger partial charge < -0.3 is 10.5 Å². The highest BCUT2D eigenvalue weighted by atomic mass is 16.5. The smallest absolute Gasteiger partial charge is 0.340 e. The van der Waals surface area contributed by atoms with Crippen LogP contribution in [0.5, 0.6) is 0 Å². The summed E-state index contributed by atoms with van der Waals surface area (Å²) in [5.41, 5.74) is 11.0. The van der Waals surface area contributed by atoms with Gasteiger partial charge in [0.15, 0.2) is 0 Å². The van der Waals surface area contributed by atoms with Crippen molar-refractivity contribution in [1.82, 2.24) is 0 Å². The minimum atomic E-state index is -0.403. The second-order valence-corrected chi connectivity index (χ2v) is 5.17.